The van der Waals surface area contributed by atoms with Crippen molar-refractivity contribution in [3.63, 3.8) is 0 Å². The monoisotopic (exact) mass is 290 g/mol. The van der Waals surface area contributed by atoms with Crippen molar-refractivity contribution in [2.24, 2.45) is 0 Å². The smallest absolute Gasteiger partial charge is 0.274 e. The molecule has 1 heterocycles. The van der Waals surface area contributed by atoms with Crippen LogP contribution in [0.4, 0.5) is 0 Å². The van der Waals surface area contributed by atoms with Crippen LogP contribution in [0.15, 0.2) is 47.3 Å². The van der Waals surface area contributed by atoms with E-state index in [1.165, 1.54) is 0 Å². The highest BCUT2D eigenvalue weighted by molar-refractivity contribution is 6.42. The SMILES string of the molecule is O=c1[nH]c2cc(Cl)c(Cl)cc2nc1-c1ccccc1. The number of nitrogens with one attached hydrogen (secondary N) is 1. The van der Waals surface area contributed by atoms with Gasteiger partial charge in [0.05, 0.1) is 21.1 Å². The maximum absolute atomic E-state index is 12.0. The summed E-state index contributed by atoms with van der Waals surface area (Å²) in [7, 11) is 0. The Morgan fingerprint density at radius 1 is 1.00 bits per heavy atom. The molecule has 3 nitrogen and oxygen atoms in total. The third-order valence-electron chi connectivity index (χ3n) is 2.78. The Morgan fingerprint density at radius 3 is 2.42 bits per heavy atom. The summed E-state index contributed by atoms with van der Waals surface area (Å²) in [6.45, 7) is 0. The van der Waals surface area contributed by atoms with E-state index in [1.807, 2.05) is 30.3 Å². The van der Waals surface area contributed by atoms with Gasteiger partial charge in [0.25, 0.3) is 5.56 Å². The lowest BCUT2D eigenvalue weighted by molar-refractivity contribution is 1.22. The van der Waals surface area contributed by atoms with Crippen LogP contribution < -0.4 is 5.56 Å². The molecular weight excluding hydrogens is 283 g/mol. The van der Waals surface area contributed by atoms with Crippen LogP contribution in [-0.4, -0.2) is 9.97 Å². The second kappa shape index (κ2) is 4.68. The van der Waals surface area contributed by atoms with Gasteiger partial charge in [0, 0.05) is 5.56 Å². The molecule has 0 aliphatic heterocycles. The van der Waals surface area contributed by atoms with Crippen LogP contribution in [-0.2, 0) is 0 Å². The molecule has 3 aromatic rings. The molecule has 0 saturated carbocycles. The van der Waals surface area contributed by atoms with Gasteiger partial charge in [0.1, 0.15) is 5.69 Å². The van der Waals surface area contributed by atoms with E-state index in [2.05, 4.69) is 9.97 Å². The topological polar surface area (TPSA) is 45.8 Å². The number of benzene rings is 2. The fraction of sp³-hybridized carbons (Fsp3) is 0. The number of halogens is 2. The van der Waals surface area contributed by atoms with Crippen molar-refractivity contribution >= 4 is 34.2 Å². The minimum atomic E-state index is -0.253. The summed E-state index contributed by atoms with van der Waals surface area (Å²) in [5, 5.41) is 0.798. The zero-order chi connectivity index (χ0) is 13.4. The first-order valence-electron chi connectivity index (χ1n) is 5.59. The van der Waals surface area contributed by atoms with Crippen LogP contribution >= 0.6 is 23.2 Å². The average Bonchev–Trinajstić information content (AvgIpc) is 2.41. The zero-order valence-electron chi connectivity index (χ0n) is 9.65. The van der Waals surface area contributed by atoms with Crippen LogP contribution in [0.25, 0.3) is 22.3 Å². The standard InChI is InChI=1S/C14H8Cl2N2O/c15-9-6-11-12(7-10(9)16)18-14(19)13(17-11)8-4-2-1-3-5-8/h1-7H,(H,18,19). The van der Waals surface area contributed by atoms with Gasteiger partial charge in [-0.2, -0.15) is 0 Å². The number of hydrogen-bond acceptors (Lipinski definition) is 2. The number of H-pyrrole nitrogens is 1. The van der Waals surface area contributed by atoms with Crippen LogP contribution in [0.1, 0.15) is 0 Å². The van der Waals surface area contributed by atoms with E-state index in [0.717, 1.165) is 5.56 Å². The van der Waals surface area contributed by atoms with Crippen molar-refractivity contribution in [1.29, 1.82) is 0 Å². The number of fused-ring (bicyclic) bond motifs is 1. The van der Waals surface area contributed by atoms with E-state index >= 15 is 0 Å². The molecular formula is C14H8Cl2N2O. The minimum absolute atomic E-state index is 0.253. The number of aromatic nitrogens is 2. The van der Waals surface area contributed by atoms with Crippen LogP contribution in [0.5, 0.6) is 0 Å². The Labute approximate surface area is 118 Å². The Kier molecular flexibility index (Phi) is 3.01. The maximum Gasteiger partial charge on any atom is 0.274 e. The van der Waals surface area contributed by atoms with E-state index in [0.29, 0.717) is 26.8 Å². The Bertz CT molecular complexity index is 813. The Balaban J connectivity index is 2.31. The molecule has 0 bridgehead atoms. The molecule has 0 atom stereocenters. The van der Waals surface area contributed by atoms with Gasteiger partial charge in [0.15, 0.2) is 0 Å². The molecule has 0 saturated heterocycles. The van der Waals surface area contributed by atoms with Gasteiger partial charge in [-0.3, -0.25) is 4.79 Å². The zero-order valence-corrected chi connectivity index (χ0v) is 11.2. The van der Waals surface area contributed by atoms with Gasteiger partial charge in [-0.15, -0.1) is 0 Å². The summed E-state index contributed by atoms with van der Waals surface area (Å²) in [5.74, 6) is 0. The highest BCUT2D eigenvalue weighted by Gasteiger charge is 2.09. The van der Waals surface area contributed by atoms with Crippen molar-refractivity contribution in [2.45, 2.75) is 0 Å². The molecule has 0 unspecified atom stereocenters. The van der Waals surface area contributed by atoms with Crippen molar-refractivity contribution in [2.75, 3.05) is 0 Å². The Hall–Kier alpha value is -1.84. The first kappa shape index (κ1) is 12.2. The van der Waals surface area contributed by atoms with Gasteiger partial charge >= 0.3 is 0 Å². The maximum atomic E-state index is 12.0. The predicted octanol–water partition coefficient (Wildman–Crippen LogP) is 3.90. The second-order valence-corrected chi connectivity index (χ2v) is 4.88. The fourth-order valence-electron chi connectivity index (χ4n) is 1.87. The predicted molar refractivity (Wildman–Crippen MR) is 77.8 cm³/mol. The van der Waals surface area contributed by atoms with Crippen LogP contribution in [0, 0.1) is 0 Å². The van der Waals surface area contributed by atoms with Crippen molar-refractivity contribution < 1.29 is 0 Å². The molecule has 1 N–H and O–H groups in total. The minimum Gasteiger partial charge on any atom is -0.319 e. The van der Waals surface area contributed by atoms with E-state index in [4.69, 9.17) is 23.2 Å². The molecule has 0 aliphatic carbocycles. The molecule has 0 radical (unpaired) electrons. The highest BCUT2D eigenvalue weighted by atomic mass is 35.5. The summed E-state index contributed by atoms with van der Waals surface area (Å²) in [6, 6.07) is 12.5. The van der Waals surface area contributed by atoms with Crippen LogP contribution in [0.3, 0.4) is 0 Å². The van der Waals surface area contributed by atoms with E-state index in [9.17, 15) is 4.79 Å². The first-order valence-corrected chi connectivity index (χ1v) is 6.35. The molecule has 94 valence electrons. The number of hydrogen-bond donors (Lipinski definition) is 1. The third kappa shape index (κ3) is 2.23. The molecule has 1 aromatic heterocycles. The second-order valence-electron chi connectivity index (χ2n) is 4.06. The summed E-state index contributed by atoms with van der Waals surface area (Å²) in [6.07, 6.45) is 0. The van der Waals surface area contributed by atoms with Crippen molar-refractivity contribution in [3.05, 3.63) is 62.9 Å². The molecule has 0 fully saturated rings. The van der Waals surface area contributed by atoms with E-state index < -0.39 is 0 Å². The first-order chi connectivity index (χ1) is 9.15. The lowest BCUT2D eigenvalue weighted by atomic mass is 10.1. The molecule has 0 aliphatic rings. The number of nitrogens with zero attached hydrogens (tertiary/aromatic N) is 1. The van der Waals surface area contributed by atoms with Gasteiger partial charge < -0.3 is 4.98 Å². The van der Waals surface area contributed by atoms with Crippen molar-refractivity contribution in [3.8, 4) is 11.3 Å². The fourth-order valence-corrected chi connectivity index (χ4v) is 2.19. The summed E-state index contributed by atoms with van der Waals surface area (Å²) in [5.41, 5.74) is 2.05. The molecule has 3 rings (SSSR count). The number of rotatable bonds is 1. The normalized spacial score (nSPS) is 10.8. The van der Waals surface area contributed by atoms with E-state index in [1.54, 1.807) is 12.1 Å². The van der Waals surface area contributed by atoms with Crippen LogP contribution in [0.2, 0.25) is 10.0 Å². The molecule has 2 aromatic carbocycles. The molecule has 19 heavy (non-hydrogen) atoms. The quantitative estimate of drug-likeness (QED) is 0.739. The summed E-state index contributed by atoms with van der Waals surface area (Å²) >= 11 is 11.9. The van der Waals surface area contributed by atoms with Gasteiger partial charge in [0.2, 0.25) is 0 Å². The molecule has 5 heteroatoms. The number of aromatic amines is 1. The lowest BCUT2D eigenvalue weighted by Crippen LogP contribution is -2.11. The van der Waals surface area contributed by atoms with Gasteiger partial charge in [-0.1, -0.05) is 53.5 Å². The van der Waals surface area contributed by atoms with E-state index in [-0.39, 0.29) is 5.56 Å². The van der Waals surface area contributed by atoms with Crippen molar-refractivity contribution in [1.82, 2.24) is 9.97 Å². The largest absolute Gasteiger partial charge is 0.319 e. The average molecular weight is 291 g/mol. The van der Waals surface area contributed by atoms with Gasteiger partial charge in [-0.25, -0.2) is 4.98 Å². The van der Waals surface area contributed by atoms with Gasteiger partial charge in [-0.05, 0) is 12.1 Å². The molecule has 0 amide bonds. The lowest BCUT2D eigenvalue weighted by Gasteiger charge is -2.04. The third-order valence-corrected chi connectivity index (χ3v) is 3.50. The summed E-state index contributed by atoms with van der Waals surface area (Å²) in [4.78, 5) is 19.2. The highest BCUT2D eigenvalue weighted by Crippen LogP contribution is 2.26. The summed E-state index contributed by atoms with van der Waals surface area (Å²) < 4.78 is 0. The Morgan fingerprint density at radius 2 is 1.68 bits per heavy atom. The molecule has 0 spiro atoms.